The summed E-state index contributed by atoms with van der Waals surface area (Å²) < 4.78 is 47.3. The Kier molecular flexibility index (Phi) is 8.10. The van der Waals surface area contributed by atoms with Gasteiger partial charge in [0.05, 0.1) is 20.6 Å². The van der Waals surface area contributed by atoms with E-state index in [-0.39, 0.29) is 6.54 Å². The van der Waals surface area contributed by atoms with Gasteiger partial charge in [-0.05, 0) is 24.1 Å². The number of aliphatic imine (C=N–C) groups is 1. The molecule has 1 rings (SSSR count). The lowest BCUT2D eigenvalue weighted by molar-refractivity contribution is -0.132. The van der Waals surface area contributed by atoms with Crippen LogP contribution in [-0.4, -0.2) is 39.9 Å². The van der Waals surface area contributed by atoms with Gasteiger partial charge in [-0.3, -0.25) is 4.99 Å². The summed E-state index contributed by atoms with van der Waals surface area (Å²) in [4.78, 5) is 3.91. The molecule has 0 atom stereocenters. The number of alkyl halides is 3. The molecule has 0 aliphatic heterocycles. The smallest absolute Gasteiger partial charge is 0.390 e. The molecular formula is C17H24F3N3O2. The van der Waals surface area contributed by atoms with Gasteiger partial charge in [0, 0.05) is 25.7 Å². The van der Waals surface area contributed by atoms with Crippen LogP contribution in [0, 0.1) is 0 Å². The van der Waals surface area contributed by atoms with Crippen LogP contribution in [0.25, 0.3) is 0 Å². The molecule has 140 valence electrons. The highest BCUT2D eigenvalue weighted by Gasteiger charge is 2.26. The number of hydrogen-bond donors (Lipinski definition) is 2. The highest BCUT2D eigenvalue weighted by molar-refractivity contribution is 5.79. The summed E-state index contributed by atoms with van der Waals surface area (Å²) in [6.45, 7) is 3.86. The second kappa shape index (κ2) is 9.80. The molecule has 0 fully saturated rings. The van der Waals surface area contributed by atoms with E-state index in [1.807, 2.05) is 6.07 Å². The van der Waals surface area contributed by atoms with Crippen LogP contribution in [0.1, 0.15) is 17.5 Å². The molecular weight excluding hydrogens is 335 g/mol. The van der Waals surface area contributed by atoms with Crippen molar-refractivity contribution in [2.45, 2.75) is 25.6 Å². The number of halogens is 3. The van der Waals surface area contributed by atoms with Crippen molar-refractivity contribution < 1.29 is 22.6 Å². The minimum absolute atomic E-state index is 0.239. The molecule has 0 amide bonds. The van der Waals surface area contributed by atoms with Gasteiger partial charge in [-0.2, -0.15) is 13.2 Å². The van der Waals surface area contributed by atoms with Crippen LogP contribution < -0.4 is 20.1 Å². The Morgan fingerprint density at radius 2 is 1.96 bits per heavy atom. The van der Waals surface area contributed by atoms with Crippen LogP contribution >= 0.6 is 0 Å². The van der Waals surface area contributed by atoms with E-state index >= 15 is 0 Å². The lowest BCUT2D eigenvalue weighted by Gasteiger charge is -2.16. The van der Waals surface area contributed by atoms with Crippen molar-refractivity contribution in [3.63, 3.8) is 0 Å². The normalized spacial score (nSPS) is 11.8. The standard InChI is InChI=1S/C17H24F3N3O2/c1-5-6-13-9-12(10-14(24-3)15(13)25-4)11-23-16(21-2)22-8-7-17(18,19)20/h5,9-10H,1,6-8,11H2,2-4H3,(H2,21,22,23). The number of ether oxygens (including phenoxy) is 2. The van der Waals surface area contributed by atoms with Crippen LogP contribution in [0.15, 0.2) is 29.8 Å². The van der Waals surface area contributed by atoms with Gasteiger partial charge in [-0.25, -0.2) is 0 Å². The summed E-state index contributed by atoms with van der Waals surface area (Å²) >= 11 is 0. The number of hydrogen-bond acceptors (Lipinski definition) is 3. The molecule has 1 aromatic rings. The van der Waals surface area contributed by atoms with Crippen molar-refractivity contribution >= 4 is 5.96 Å². The maximum Gasteiger partial charge on any atom is 0.390 e. The SMILES string of the molecule is C=CCc1cc(CNC(=NC)NCCC(F)(F)F)cc(OC)c1OC. The quantitative estimate of drug-likeness (QED) is 0.426. The molecule has 0 saturated heterocycles. The van der Waals surface area contributed by atoms with Gasteiger partial charge < -0.3 is 20.1 Å². The van der Waals surface area contributed by atoms with E-state index in [9.17, 15) is 13.2 Å². The fourth-order valence-corrected chi connectivity index (χ4v) is 2.24. The van der Waals surface area contributed by atoms with Crippen molar-refractivity contribution in [1.29, 1.82) is 0 Å². The van der Waals surface area contributed by atoms with E-state index in [1.54, 1.807) is 26.4 Å². The molecule has 25 heavy (non-hydrogen) atoms. The second-order valence-electron chi connectivity index (χ2n) is 5.20. The number of methoxy groups -OCH3 is 2. The lowest BCUT2D eigenvalue weighted by atomic mass is 10.1. The number of guanidine groups is 1. The van der Waals surface area contributed by atoms with E-state index in [2.05, 4.69) is 22.2 Å². The Labute approximate surface area is 145 Å². The molecule has 0 aliphatic rings. The summed E-state index contributed by atoms with van der Waals surface area (Å²) in [5, 5.41) is 5.61. The van der Waals surface area contributed by atoms with Gasteiger partial charge in [0.15, 0.2) is 17.5 Å². The summed E-state index contributed by atoms with van der Waals surface area (Å²) in [7, 11) is 4.61. The van der Waals surface area contributed by atoms with E-state index in [0.29, 0.717) is 30.4 Å². The third kappa shape index (κ3) is 6.94. The first kappa shape index (κ1) is 20.7. The largest absolute Gasteiger partial charge is 0.493 e. The number of rotatable bonds is 8. The minimum Gasteiger partial charge on any atom is -0.493 e. The molecule has 0 spiro atoms. The van der Waals surface area contributed by atoms with Crippen molar-refractivity contribution in [3.8, 4) is 11.5 Å². The topological polar surface area (TPSA) is 54.9 Å². The zero-order chi connectivity index (χ0) is 18.9. The molecule has 0 unspecified atom stereocenters. The van der Waals surface area contributed by atoms with E-state index in [0.717, 1.165) is 11.1 Å². The number of nitrogens with zero attached hydrogens (tertiary/aromatic N) is 1. The number of benzene rings is 1. The van der Waals surface area contributed by atoms with Gasteiger partial charge in [0.25, 0.3) is 0 Å². The van der Waals surface area contributed by atoms with Gasteiger partial charge in [0.1, 0.15) is 0 Å². The van der Waals surface area contributed by atoms with Crippen molar-refractivity contribution in [2.75, 3.05) is 27.8 Å². The monoisotopic (exact) mass is 359 g/mol. The summed E-state index contributed by atoms with van der Waals surface area (Å²) in [6.07, 6.45) is -2.76. The van der Waals surface area contributed by atoms with Crippen LogP contribution in [0.4, 0.5) is 13.2 Å². The zero-order valence-corrected chi connectivity index (χ0v) is 14.7. The zero-order valence-electron chi connectivity index (χ0n) is 14.7. The van der Waals surface area contributed by atoms with Gasteiger partial charge in [0.2, 0.25) is 0 Å². The van der Waals surface area contributed by atoms with E-state index in [4.69, 9.17) is 9.47 Å². The number of nitrogens with one attached hydrogen (secondary N) is 2. The van der Waals surface area contributed by atoms with Gasteiger partial charge in [-0.1, -0.05) is 6.08 Å². The van der Waals surface area contributed by atoms with Crippen LogP contribution in [0.5, 0.6) is 11.5 Å². The van der Waals surface area contributed by atoms with Crippen LogP contribution in [-0.2, 0) is 13.0 Å². The average molecular weight is 359 g/mol. The fourth-order valence-electron chi connectivity index (χ4n) is 2.24. The molecule has 0 saturated carbocycles. The summed E-state index contributed by atoms with van der Waals surface area (Å²) in [5.41, 5.74) is 1.79. The first-order valence-corrected chi connectivity index (χ1v) is 7.70. The molecule has 5 nitrogen and oxygen atoms in total. The van der Waals surface area contributed by atoms with Crippen molar-refractivity contribution in [3.05, 3.63) is 35.9 Å². The molecule has 0 aromatic heterocycles. The van der Waals surface area contributed by atoms with Gasteiger partial charge in [-0.15, -0.1) is 6.58 Å². The van der Waals surface area contributed by atoms with Crippen LogP contribution in [0.2, 0.25) is 0 Å². The van der Waals surface area contributed by atoms with Crippen LogP contribution in [0.3, 0.4) is 0 Å². The Morgan fingerprint density at radius 3 is 2.48 bits per heavy atom. The maximum absolute atomic E-state index is 12.2. The third-order valence-electron chi connectivity index (χ3n) is 3.36. The molecule has 8 heteroatoms. The van der Waals surface area contributed by atoms with Crippen molar-refractivity contribution in [2.24, 2.45) is 4.99 Å². The molecule has 0 aliphatic carbocycles. The lowest BCUT2D eigenvalue weighted by Crippen LogP contribution is -2.38. The Bertz CT molecular complexity index is 602. The van der Waals surface area contributed by atoms with Crippen molar-refractivity contribution in [1.82, 2.24) is 10.6 Å². The Balaban J connectivity index is 2.77. The predicted molar refractivity (Wildman–Crippen MR) is 92.3 cm³/mol. The Morgan fingerprint density at radius 1 is 1.24 bits per heavy atom. The second-order valence-corrected chi connectivity index (χ2v) is 5.20. The van der Waals surface area contributed by atoms with Gasteiger partial charge >= 0.3 is 6.18 Å². The first-order valence-electron chi connectivity index (χ1n) is 7.70. The number of allylic oxidation sites excluding steroid dienone is 1. The average Bonchev–Trinajstić information content (AvgIpc) is 2.56. The Hall–Kier alpha value is -2.38. The maximum atomic E-state index is 12.2. The summed E-state index contributed by atoms with van der Waals surface area (Å²) in [5.74, 6) is 1.52. The molecule has 1 aromatic carbocycles. The molecule has 0 radical (unpaired) electrons. The molecule has 0 heterocycles. The molecule has 2 N–H and O–H groups in total. The fraction of sp³-hybridized carbons (Fsp3) is 0.471. The summed E-state index contributed by atoms with van der Waals surface area (Å²) in [6, 6.07) is 3.74. The first-order chi connectivity index (χ1) is 11.8. The molecule has 0 bridgehead atoms. The van der Waals surface area contributed by atoms with E-state index < -0.39 is 12.6 Å². The van der Waals surface area contributed by atoms with E-state index in [1.165, 1.54) is 7.05 Å². The minimum atomic E-state index is -4.20. The highest BCUT2D eigenvalue weighted by atomic mass is 19.4. The highest BCUT2D eigenvalue weighted by Crippen LogP contribution is 2.33. The third-order valence-corrected chi connectivity index (χ3v) is 3.36. The predicted octanol–water partition coefficient (Wildman–Crippen LogP) is 3.05.